The van der Waals surface area contributed by atoms with Crippen LogP contribution in [-0.4, -0.2) is 42.5 Å². The Hall–Kier alpha value is -2.80. The lowest BCUT2D eigenvalue weighted by Gasteiger charge is -2.35. The van der Waals surface area contributed by atoms with Crippen LogP contribution in [0, 0.1) is 5.82 Å². The summed E-state index contributed by atoms with van der Waals surface area (Å²) in [5.74, 6) is 0.841. The van der Waals surface area contributed by atoms with Crippen LogP contribution in [0.4, 0.5) is 9.18 Å². The van der Waals surface area contributed by atoms with Crippen molar-refractivity contribution in [1.82, 2.24) is 4.90 Å². The Morgan fingerprint density at radius 2 is 1.83 bits per heavy atom. The molecule has 0 aromatic heterocycles. The smallest absolute Gasteiger partial charge is 0.410 e. The summed E-state index contributed by atoms with van der Waals surface area (Å²) in [6.07, 6.45) is -0.333. The summed E-state index contributed by atoms with van der Waals surface area (Å²) in [5, 5.41) is 9.39. The minimum atomic E-state index is -0.518. The number of aliphatic hydroxyl groups excluding tert-OH is 1. The molecule has 0 bridgehead atoms. The highest BCUT2D eigenvalue weighted by atomic mass is 19.1. The molecule has 2 aromatic carbocycles. The Kier molecular flexibility index (Phi) is 8.06. The first-order valence-corrected chi connectivity index (χ1v) is 9.73. The Morgan fingerprint density at radius 3 is 2.43 bits per heavy atom. The summed E-state index contributed by atoms with van der Waals surface area (Å²) in [4.78, 5) is 14.4. The van der Waals surface area contributed by atoms with Gasteiger partial charge in [-0.15, -0.1) is 0 Å². The Labute approximate surface area is 177 Å². The lowest BCUT2D eigenvalue weighted by molar-refractivity contribution is 0.0638. The molecule has 0 aliphatic rings. The van der Waals surface area contributed by atoms with Crippen LogP contribution < -0.4 is 9.47 Å². The molecule has 1 N–H and O–H groups in total. The maximum atomic E-state index is 14.1. The van der Waals surface area contributed by atoms with Crippen molar-refractivity contribution in [3.63, 3.8) is 0 Å². The first-order chi connectivity index (χ1) is 14.2. The molecule has 0 heterocycles. The fourth-order valence-electron chi connectivity index (χ4n) is 3.08. The number of aliphatic hydroxyl groups is 1. The number of carbonyl (C=O) groups is 1. The maximum Gasteiger partial charge on any atom is 0.410 e. The molecule has 2 rings (SSSR count). The molecule has 1 amide bonds. The number of halogens is 1. The van der Waals surface area contributed by atoms with E-state index in [4.69, 9.17) is 14.2 Å². The van der Waals surface area contributed by atoms with Gasteiger partial charge >= 0.3 is 6.09 Å². The highest BCUT2D eigenvalue weighted by Gasteiger charge is 2.29. The van der Waals surface area contributed by atoms with Crippen LogP contribution in [-0.2, 0) is 24.3 Å². The van der Waals surface area contributed by atoms with E-state index in [1.54, 1.807) is 43.4 Å². The number of hydrogen-bond acceptors (Lipinski definition) is 5. The molecular formula is C23H30FNO5. The summed E-state index contributed by atoms with van der Waals surface area (Å²) < 4.78 is 30.2. The molecule has 0 atom stereocenters. The standard InChI is InChI=1S/C23H30FNO5/c1-23(2,3)25(14-16-9-10-18(28-4)13-21(16)29-5)22(27)30-12-11-19-17(15-26)7-6-8-20(19)24/h6-10,13,26H,11-12,14-15H2,1-5H3. The van der Waals surface area contributed by atoms with Crippen molar-refractivity contribution in [1.29, 1.82) is 0 Å². The molecule has 0 unspecified atom stereocenters. The first-order valence-electron chi connectivity index (χ1n) is 9.73. The first kappa shape index (κ1) is 23.5. The quantitative estimate of drug-likeness (QED) is 0.690. The lowest BCUT2D eigenvalue weighted by atomic mass is 10.0. The summed E-state index contributed by atoms with van der Waals surface area (Å²) in [5.41, 5.74) is 1.13. The molecule has 6 nitrogen and oxygen atoms in total. The fourth-order valence-corrected chi connectivity index (χ4v) is 3.08. The van der Waals surface area contributed by atoms with Crippen molar-refractivity contribution in [3.05, 3.63) is 58.9 Å². The van der Waals surface area contributed by atoms with E-state index in [9.17, 15) is 14.3 Å². The zero-order valence-electron chi connectivity index (χ0n) is 18.2. The molecule has 0 saturated carbocycles. The average molecular weight is 419 g/mol. The maximum absolute atomic E-state index is 14.1. The van der Waals surface area contributed by atoms with Crippen molar-refractivity contribution >= 4 is 6.09 Å². The molecule has 0 fully saturated rings. The predicted molar refractivity (Wildman–Crippen MR) is 112 cm³/mol. The minimum absolute atomic E-state index is 0.000899. The zero-order chi connectivity index (χ0) is 22.3. The molecule has 0 radical (unpaired) electrons. The van der Waals surface area contributed by atoms with E-state index < -0.39 is 17.4 Å². The van der Waals surface area contributed by atoms with Crippen molar-refractivity contribution in [3.8, 4) is 11.5 Å². The van der Waals surface area contributed by atoms with Gasteiger partial charge in [0.05, 0.1) is 34.0 Å². The van der Waals surface area contributed by atoms with E-state index >= 15 is 0 Å². The number of ether oxygens (including phenoxy) is 3. The highest BCUT2D eigenvalue weighted by molar-refractivity contribution is 5.69. The van der Waals surface area contributed by atoms with Gasteiger partial charge in [0, 0.05) is 23.6 Å². The average Bonchev–Trinajstić information content (AvgIpc) is 2.71. The van der Waals surface area contributed by atoms with Crippen LogP contribution in [0.1, 0.15) is 37.5 Å². The van der Waals surface area contributed by atoms with Crippen LogP contribution in [0.25, 0.3) is 0 Å². The number of hydrogen-bond donors (Lipinski definition) is 1. The number of rotatable bonds is 8. The summed E-state index contributed by atoms with van der Waals surface area (Å²) >= 11 is 0. The van der Waals surface area contributed by atoms with E-state index in [1.165, 1.54) is 6.07 Å². The predicted octanol–water partition coefficient (Wildman–Crippen LogP) is 4.32. The van der Waals surface area contributed by atoms with Gasteiger partial charge in [0.25, 0.3) is 0 Å². The van der Waals surface area contributed by atoms with E-state index in [0.717, 1.165) is 5.56 Å². The largest absolute Gasteiger partial charge is 0.497 e. The zero-order valence-corrected chi connectivity index (χ0v) is 18.2. The number of nitrogens with zero attached hydrogens (tertiary/aromatic N) is 1. The topological polar surface area (TPSA) is 68.2 Å². The molecule has 0 spiro atoms. The van der Waals surface area contributed by atoms with E-state index in [-0.39, 0.29) is 26.2 Å². The van der Waals surface area contributed by atoms with E-state index in [2.05, 4.69) is 0 Å². The molecule has 0 aliphatic heterocycles. The monoisotopic (exact) mass is 419 g/mol. The second-order valence-corrected chi connectivity index (χ2v) is 7.83. The van der Waals surface area contributed by atoms with Gasteiger partial charge in [-0.2, -0.15) is 0 Å². The van der Waals surface area contributed by atoms with Crippen LogP contribution in [0.5, 0.6) is 11.5 Å². The Bertz CT molecular complexity index is 863. The molecular weight excluding hydrogens is 389 g/mol. The fraction of sp³-hybridized carbons (Fsp3) is 0.435. The van der Waals surface area contributed by atoms with Crippen molar-refractivity contribution in [2.24, 2.45) is 0 Å². The van der Waals surface area contributed by atoms with Crippen molar-refractivity contribution < 1.29 is 28.5 Å². The third-order valence-electron chi connectivity index (χ3n) is 4.82. The summed E-state index contributed by atoms with van der Waals surface area (Å²) in [6.45, 7) is 5.73. The van der Waals surface area contributed by atoms with Gasteiger partial charge in [-0.25, -0.2) is 9.18 Å². The second-order valence-electron chi connectivity index (χ2n) is 7.83. The molecule has 30 heavy (non-hydrogen) atoms. The third-order valence-corrected chi connectivity index (χ3v) is 4.82. The summed E-state index contributed by atoms with van der Waals surface area (Å²) in [7, 11) is 3.14. The van der Waals surface area contributed by atoms with Crippen LogP contribution in [0.3, 0.4) is 0 Å². The number of benzene rings is 2. The molecule has 2 aromatic rings. The van der Waals surface area contributed by atoms with Gasteiger partial charge in [0.15, 0.2) is 0 Å². The second kappa shape index (κ2) is 10.3. The molecule has 7 heteroatoms. The van der Waals surface area contributed by atoms with Gasteiger partial charge in [0.1, 0.15) is 17.3 Å². The van der Waals surface area contributed by atoms with Crippen molar-refractivity contribution in [2.75, 3.05) is 20.8 Å². The highest BCUT2D eigenvalue weighted by Crippen LogP contribution is 2.28. The Morgan fingerprint density at radius 1 is 1.10 bits per heavy atom. The SMILES string of the molecule is COc1ccc(CN(C(=O)OCCc2c(F)cccc2CO)C(C)(C)C)c(OC)c1. The van der Waals surface area contributed by atoms with E-state index in [1.807, 2.05) is 26.8 Å². The molecule has 0 aliphatic carbocycles. The van der Waals surface area contributed by atoms with Gasteiger partial charge in [-0.1, -0.05) is 12.1 Å². The number of methoxy groups -OCH3 is 2. The Balaban J connectivity index is 2.12. The van der Waals surface area contributed by atoms with Gasteiger partial charge < -0.3 is 19.3 Å². The summed E-state index contributed by atoms with van der Waals surface area (Å²) in [6, 6.07) is 9.93. The lowest BCUT2D eigenvalue weighted by Crippen LogP contribution is -2.45. The number of amides is 1. The van der Waals surface area contributed by atoms with Gasteiger partial charge in [0.2, 0.25) is 0 Å². The molecule has 164 valence electrons. The van der Waals surface area contributed by atoms with Crippen LogP contribution >= 0.6 is 0 Å². The van der Waals surface area contributed by atoms with E-state index in [0.29, 0.717) is 22.6 Å². The number of carbonyl (C=O) groups excluding carboxylic acids is 1. The normalized spacial score (nSPS) is 11.2. The van der Waals surface area contributed by atoms with Gasteiger partial charge in [-0.3, -0.25) is 4.90 Å². The van der Waals surface area contributed by atoms with Gasteiger partial charge in [-0.05, 0) is 50.1 Å². The third kappa shape index (κ3) is 5.86. The van der Waals surface area contributed by atoms with Crippen LogP contribution in [0.15, 0.2) is 36.4 Å². The molecule has 0 saturated heterocycles. The minimum Gasteiger partial charge on any atom is -0.497 e. The van der Waals surface area contributed by atoms with Crippen molar-refractivity contribution in [2.45, 2.75) is 45.9 Å². The van der Waals surface area contributed by atoms with Crippen LogP contribution in [0.2, 0.25) is 0 Å².